The number of halogens is 2. The molecule has 96 valence electrons. The highest BCUT2D eigenvalue weighted by Gasteiger charge is 2.07. The first-order valence-electron chi connectivity index (χ1n) is 5.46. The van der Waals surface area contributed by atoms with Crippen molar-refractivity contribution in [2.24, 2.45) is 0 Å². The molecule has 18 heavy (non-hydrogen) atoms. The number of alkyl halides is 1. The summed E-state index contributed by atoms with van der Waals surface area (Å²) in [5.41, 5.74) is 1.89. The third kappa shape index (κ3) is 3.03. The van der Waals surface area contributed by atoms with Crippen LogP contribution in [0.1, 0.15) is 23.6 Å². The molecule has 0 aliphatic heterocycles. The van der Waals surface area contributed by atoms with E-state index in [4.69, 9.17) is 16.3 Å². The fourth-order valence-corrected chi connectivity index (χ4v) is 2.26. The summed E-state index contributed by atoms with van der Waals surface area (Å²) in [7, 11) is 1.64. The monoisotopic (exact) mass is 329 g/mol. The Labute approximate surface area is 119 Å². The Kier molecular flexibility index (Phi) is 4.24. The summed E-state index contributed by atoms with van der Waals surface area (Å²) < 4.78 is 7.88. The highest BCUT2D eigenvalue weighted by Crippen LogP contribution is 2.25. The Bertz CT molecular complexity index is 542. The van der Waals surface area contributed by atoms with Gasteiger partial charge in [-0.3, -0.25) is 0 Å². The van der Waals surface area contributed by atoms with Gasteiger partial charge in [-0.1, -0.05) is 11.3 Å². The summed E-state index contributed by atoms with van der Waals surface area (Å²) >= 11 is 9.40. The molecule has 0 fully saturated rings. The SMILES string of the molecule is COc1ccc(Cn2cc(C(C)Cl)nn2)cc1Br. The highest BCUT2D eigenvalue weighted by atomic mass is 79.9. The zero-order chi connectivity index (χ0) is 13.1. The molecular weight excluding hydrogens is 318 g/mol. The minimum absolute atomic E-state index is 0.124. The Balaban J connectivity index is 2.15. The number of hydrogen-bond donors (Lipinski definition) is 0. The van der Waals surface area contributed by atoms with Crippen molar-refractivity contribution in [1.82, 2.24) is 15.0 Å². The second kappa shape index (κ2) is 5.71. The van der Waals surface area contributed by atoms with Gasteiger partial charge in [0.1, 0.15) is 11.4 Å². The van der Waals surface area contributed by atoms with Crippen LogP contribution in [0.15, 0.2) is 28.9 Å². The van der Waals surface area contributed by atoms with Gasteiger partial charge in [0.05, 0.1) is 29.7 Å². The van der Waals surface area contributed by atoms with Crippen LogP contribution in [0.5, 0.6) is 5.75 Å². The minimum atomic E-state index is -0.124. The van der Waals surface area contributed by atoms with E-state index in [1.165, 1.54) is 0 Å². The molecular formula is C12H13BrClN3O. The fraction of sp³-hybridized carbons (Fsp3) is 0.333. The van der Waals surface area contributed by atoms with Crippen molar-refractivity contribution in [3.8, 4) is 5.75 Å². The second-order valence-corrected chi connectivity index (χ2v) is 5.43. The zero-order valence-corrected chi connectivity index (χ0v) is 12.4. The number of methoxy groups -OCH3 is 1. The van der Waals surface area contributed by atoms with Gasteiger partial charge in [-0.25, -0.2) is 4.68 Å². The van der Waals surface area contributed by atoms with E-state index in [0.717, 1.165) is 21.5 Å². The lowest BCUT2D eigenvalue weighted by molar-refractivity contribution is 0.412. The number of nitrogens with zero attached hydrogens (tertiary/aromatic N) is 3. The Morgan fingerprint density at radius 3 is 2.83 bits per heavy atom. The summed E-state index contributed by atoms with van der Waals surface area (Å²) in [6, 6.07) is 5.92. The quantitative estimate of drug-likeness (QED) is 0.807. The number of aromatic nitrogens is 3. The van der Waals surface area contributed by atoms with E-state index in [2.05, 4.69) is 26.2 Å². The Morgan fingerprint density at radius 1 is 1.50 bits per heavy atom. The van der Waals surface area contributed by atoms with Crippen LogP contribution in [-0.2, 0) is 6.54 Å². The summed E-state index contributed by atoms with van der Waals surface area (Å²) in [5.74, 6) is 0.812. The van der Waals surface area contributed by atoms with Crippen molar-refractivity contribution in [2.45, 2.75) is 18.8 Å². The Hall–Kier alpha value is -1.07. The molecule has 2 aromatic rings. The van der Waals surface area contributed by atoms with Gasteiger partial charge in [-0.05, 0) is 40.5 Å². The molecule has 1 aromatic carbocycles. The second-order valence-electron chi connectivity index (χ2n) is 3.93. The van der Waals surface area contributed by atoms with Gasteiger partial charge < -0.3 is 4.74 Å². The lowest BCUT2D eigenvalue weighted by Gasteiger charge is -2.06. The molecule has 0 aliphatic rings. The van der Waals surface area contributed by atoms with Gasteiger partial charge in [0.2, 0.25) is 0 Å². The third-order valence-corrected chi connectivity index (χ3v) is 3.37. The van der Waals surface area contributed by atoms with Gasteiger partial charge in [0, 0.05) is 0 Å². The van der Waals surface area contributed by atoms with Crippen molar-refractivity contribution >= 4 is 27.5 Å². The molecule has 2 rings (SSSR count). The first-order chi connectivity index (χ1) is 8.60. The van der Waals surface area contributed by atoms with E-state index in [1.54, 1.807) is 11.8 Å². The third-order valence-electron chi connectivity index (χ3n) is 2.52. The van der Waals surface area contributed by atoms with Crippen LogP contribution in [0.2, 0.25) is 0 Å². The predicted molar refractivity (Wildman–Crippen MR) is 74.1 cm³/mol. The Morgan fingerprint density at radius 2 is 2.28 bits per heavy atom. The predicted octanol–water partition coefficient (Wildman–Crippen LogP) is 3.40. The lowest BCUT2D eigenvalue weighted by atomic mass is 10.2. The van der Waals surface area contributed by atoms with E-state index in [9.17, 15) is 0 Å². The number of rotatable bonds is 4. The van der Waals surface area contributed by atoms with Crippen LogP contribution < -0.4 is 4.74 Å². The normalized spacial score (nSPS) is 12.4. The molecule has 0 amide bonds. The average Bonchev–Trinajstić information content (AvgIpc) is 2.78. The molecule has 0 N–H and O–H groups in total. The topological polar surface area (TPSA) is 39.9 Å². The zero-order valence-electron chi connectivity index (χ0n) is 10.1. The van der Waals surface area contributed by atoms with E-state index < -0.39 is 0 Å². The molecule has 0 radical (unpaired) electrons. The maximum Gasteiger partial charge on any atom is 0.133 e. The molecule has 4 nitrogen and oxygen atoms in total. The molecule has 1 heterocycles. The number of hydrogen-bond acceptors (Lipinski definition) is 3. The van der Waals surface area contributed by atoms with E-state index in [0.29, 0.717) is 6.54 Å². The van der Waals surface area contributed by atoms with Crippen LogP contribution in [0, 0.1) is 0 Å². The summed E-state index contributed by atoms with van der Waals surface area (Å²) in [5, 5.41) is 7.93. The molecule has 0 saturated carbocycles. The van der Waals surface area contributed by atoms with Gasteiger partial charge in [-0.2, -0.15) is 0 Å². The van der Waals surface area contributed by atoms with Gasteiger partial charge in [-0.15, -0.1) is 16.7 Å². The number of ether oxygens (including phenoxy) is 1. The smallest absolute Gasteiger partial charge is 0.133 e. The van der Waals surface area contributed by atoms with Crippen LogP contribution >= 0.6 is 27.5 Å². The molecule has 0 saturated heterocycles. The minimum Gasteiger partial charge on any atom is -0.496 e. The molecule has 0 spiro atoms. The molecule has 0 bridgehead atoms. The average molecular weight is 331 g/mol. The van der Waals surface area contributed by atoms with Crippen molar-refractivity contribution in [1.29, 1.82) is 0 Å². The first kappa shape index (κ1) is 13.4. The fourth-order valence-electron chi connectivity index (χ4n) is 1.57. The van der Waals surface area contributed by atoms with Crippen LogP contribution in [-0.4, -0.2) is 22.1 Å². The largest absolute Gasteiger partial charge is 0.496 e. The van der Waals surface area contributed by atoms with Crippen molar-refractivity contribution < 1.29 is 4.74 Å². The maximum atomic E-state index is 5.94. The highest BCUT2D eigenvalue weighted by molar-refractivity contribution is 9.10. The van der Waals surface area contributed by atoms with Crippen molar-refractivity contribution in [2.75, 3.05) is 7.11 Å². The lowest BCUT2D eigenvalue weighted by Crippen LogP contribution is -2.00. The molecule has 6 heteroatoms. The van der Waals surface area contributed by atoms with Gasteiger partial charge in [0.25, 0.3) is 0 Å². The maximum absolute atomic E-state index is 5.94. The van der Waals surface area contributed by atoms with Crippen LogP contribution in [0.4, 0.5) is 0 Å². The van der Waals surface area contributed by atoms with Gasteiger partial charge in [0.15, 0.2) is 0 Å². The first-order valence-corrected chi connectivity index (χ1v) is 6.69. The molecule has 1 aromatic heterocycles. The molecule has 1 unspecified atom stereocenters. The van der Waals surface area contributed by atoms with Crippen molar-refractivity contribution in [3.05, 3.63) is 40.1 Å². The van der Waals surface area contributed by atoms with Crippen molar-refractivity contribution in [3.63, 3.8) is 0 Å². The van der Waals surface area contributed by atoms with E-state index in [1.807, 2.05) is 31.3 Å². The van der Waals surface area contributed by atoms with E-state index in [-0.39, 0.29) is 5.38 Å². The van der Waals surface area contributed by atoms with E-state index >= 15 is 0 Å². The summed E-state index contributed by atoms with van der Waals surface area (Å²) in [6.45, 7) is 2.53. The molecule has 0 aliphatic carbocycles. The summed E-state index contributed by atoms with van der Waals surface area (Å²) in [4.78, 5) is 0. The van der Waals surface area contributed by atoms with Crippen LogP contribution in [0.3, 0.4) is 0 Å². The standard InChI is InChI=1S/C12H13BrClN3O/c1-8(14)11-7-17(16-15-11)6-9-3-4-12(18-2)10(13)5-9/h3-5,7-8H,6H2,1-2H3. The molecule has 1 atom stereocenters. The number of benzene rings is 1. The van der Waals surface area contributed by atoms with Gasteiger partial charge >= 0.3 is 0 Å². The van der Waals surface area contributed by atoms with Crippen LogP contribution in [0.25, 0.3) is 0 Å². The summed E-state index contributed by atoms with van der Waals surface area (Å²) in [6.07, 6.45) is 1.86.